The number of fused-ring (bicyclic) bond motifs is 1. The van der Waals surface area contributed by atoms with E-state index in [2.05, 4.69) is 4.99 Å². The zero-order valence-corrected chi connectivity index (χ0v) is 20.2. The van der Waals surface area contributed by atoms with Gasteiger partial charge in [-0.2, -0.15) is 4.99 Å². The molecule has 2 amide bonds. The normalized spacial score (nSPS) is 15.0. The second kappa shape index (κ2) is 10.9. The molecule has 180 valence electrons. The molecule has 1 saturated heterocycles. The van der Waals surface area contributed by atoms with Crippen molar-refractivity contribution in [3.05, 3.63) is 23.0 Å². The molecular weight excluding hydrogens is 470 g/mol. The van der Waals surface area contributed by atoms with Gasteiger partial charge in [-0.05, 0) is 44.4 Å². The number of ether oxygens (including phenoxy) is 2. The third-order valence-corrected chi connectivity index (χ3v) is 7.51. The Kier molecular flexibility index (Phi) is 8.25. The third kappa shape index (κ3) is 6.64. The highest BCUT2D eigenvalue weighted by Gasteiger charge is 2.25. The van der Waals surface area contributed by atoms with E-state index in [-0.39, 0.29) is 18.0 Å². The van der Waals surface area contributed by atoms with Gasteiger partial charge in [-0.1, -0.05) is 11.3 Å². The van der Waals surface area contributed by atoms with Crippen LogP contribution in [0.2, 0.25) is 0 Å². The summed E-state index contributed by atoms with van der Waals surface area (Å²) in [6, 6.07) is 5.17. The van der Waals surface area contributed by atoms with Crippen LogP contribution in [0.5, 0.6) is 5.75 Å². The van der Waals surface area contributed by atoms with Crippen molar-refractivity contribution >= 4 is 49.2 Å². The lowest BCUT2D eigenvalue weighted by Gasteiger charge is -2.26. The number of sulfone groups is 1. The van der Waals surface area contributed by atoms with Crippen LogP contribution in [0.15, 0.2) is 23.2 Å². The van der Waals surface area contributed by atoms with Gasteiger partial charge in [-0.25, -0.2) is 8.42 Å². The maximum atomic E-state index is 12.5. The molecule has 2 heterocycles. The van der Waals surface area contributed by atoms with Crippen LogP contribution in [0.25, 0.3) is 10.2 Å². The van der Waals surface area contributed by atoms with E-state index in [1.54, 1.807) is 25.1 Å². The highest BCUT2D eigenvalue weighted by Crippen LogP contribution is 2.23. The maximum absolute atomic E-state index is 12.5. The van der Waals surface area contributed by atoms with Crippen molar-refractivity contribution in [2.75, 3.05) is 38.3 Å². The average Bonchev–Trinajstić information content (AvgIpc) is 3.09. The first kappa shape index (κ1) is 24.9. The zero-order valence-electron chi connectivity index (χ0n) is 18.6. The summed E-state index contributed by atoms with van der Waals surface area (Å²) in [4.78, 5) is 42.6. The molecule has 10 nitrogen and oxygen atoms in total. The van der Waals surface area contributed by atoms with Crippen LogP contribution in [0, 0.1) is 0 Å². The Bertz CT molecular complexity index is 1210. The fourth-order valence-corrected chi connectivity index (χ4v) is 5.73. The maximum Gasteiger partial charge on any atom is 0.326 e. The number of carbonyl (C=O) groups is 3. The fraction of sp³-hybridized carbons (Fsp3) is 0.524. The number of nitrogens with zero attached hydrogens (tertiary/aromatic N) is 3. The Balaban J connectivity index is 1.84. The largest absolute Gasteiger partial charge is 0.497 e. The van der Waals surface area contributed by atoms with Gasteiger partial charge in [0, 0.05) is 13.1 Å². The number of hydrogen-bond donors (Lipinski definition) is 0. The molecule has 33 heavy (non-hydrogen) atoms. The van der Waals surface area contributed by atoms with E-state index in [4.69, 9.17) is 9.47 Å². The molecule has 0 aliphatic carbocycles. The third-order valence-electron chi connectivity index (χ3n) is 5.10. The number of aromatic nitrogens is 1. The predicted molar refractivity (Wildman–Crippen MR) is 123 cm³/mol. The number of hydrogen-bond acceptors (Lipinski definition) is 8. The summed E-state index contributed by atoms with van der Waals surface area (Å²) >= 11 is 1.12. The van der Waals surface area contributed by atoms with Gasteiger partial charge < -0.3 is 18.9 Å². The second-order valence-corrected chi connectivity index (χ2v) is 10.7. The molecule has 0 atom stereocenters. The highest BCUT2D eigenvalue weighted by atomic mass is 32.2. The summed E-state index contributed by atoms with van der Waals surface area (Å²) in [5.74, 6) is -2.93. The zero-order chi connectivity index (χ0) is 24.0. The molecule has 1 aromatic carbocycles. The Morgan fingerprint density at radius 3 is 2.52 bits per heavy atom. The minimum absolute atomic E-state index is 0.161. The van der Waals surface area contributed by atoms with E-state index < -0.39 is 39.1 Å². The number of likely N-dealkylation sites (tertiary alicyclic amines) is 1. The Hall–Kier alpha value is -2.73. The first-order chi connectivity index (χ1) is 15.7. The molecule has 12 heteroatoms. The summed E-state index contributed by atoms with van der Waals surface area (Å²) < 4.78 is 37.4. The first-order valence-electron chi connectivity index (χ1n) is 10.6. The topological polar surface area (TPSA) is 124 Å². The minimum atomic E-state index is -3.99. The number of rotatable bonds is 8. The van der Waals surface area contributed by atoms with E-state index in [1.165, 1.54) is 16.6 Å². The van der Waals surface area contributed by atoms with Gasteiger partial charge in [0.2, 0.25) is 5.91 Å². The van der Waals surface area contributed by atoms with E-state index >= 15 is 0 Å². The van der Waals surface area contributed by atoms with Crippen molar-refractivity contribution in [3.63, 3.8) is 0 Å². The summed E-state index contributed by atoms with van der Waals surface area (Å²) in [7, 11) is -2.47. The molecule has 1 aliphatic rings. The second-order valence-electron chi connectivity index (χ2n) is 7.59. The molecule has 0 bridgehead atoms. The molecule has 2 aromatic rings. The van der Waals surface area contributed by atoms with Gasteiger partial charge in [0.15, 0.2) is 14.6 Å². The summed E-state index contributed by atoms with van der Waals surface area (Å²) in [5, 5.41) is 0. The van der Waals surface area contributed by atoms with Crippen LogP contribution in [-0.2, 0) is 35.5 Å². The van der Waals surface area contributed by atoms with Gasteiger partial charge in [-0.3, -0.25) is 14.4 Å². The van der Waals surface area contributed by atoms with Crippen LogP contribution in [-0.4, -0.2) is 74.0 Å². The van der Waals surface area contributed by atoms with Crippen LogP contribution in [0.4, 0.5) is 0 Å². The quantitative estimate of drug-likeness (QED) is 0.501. The van der Waals surface area contributed by atoms with Crippen molar-refractivity contribution < 1.29 is 32.3 Å². The van der Waals surface area contributed by atoms with Crippen molar-refractivity contribution in [2.24, 2.45) is 4.99 Å². The van der Waals surface area contributed by atoms with Crippen molar-refractivity contribution in [1.29, 1.82) is 0 Å². The number of methoxy groups -OCH3 is 1. The van der Waals surface area contributed by atoms with Gasteiger partial charge >= 0.3 is 5.97 Å². The molecule has 1 aromatic heterocycles. The number of piperidine rings is 1. The summed E-state index contributed by atoms with van der Waals surface area (Å²) in [6.45, 7) is 2.76. The van der Waals surface area contributed by atoms with E-state index in [9.17, 15) is 22.8 Å². The highest BCUT2D eigenvalue weighted by molar-refractivity contribution is 7.92. The fourth-order valence-electron chi connectivity index (χ4n) is 3.56. The lowest BCUT2D eigenvalue weighted by molar-refractivity contribution is -0.143. The van der Waals surface area contributed by atoms with Crippen molar-refractivity contribution in [3.8, 4) is 5.75 Å². The van der Waals surface area contributed by atoms with E-state index in [0.717, 1.165) is 30.6 Å². The summed E-state index contributed by atoms with van der Waals surface area (Å²) in [6.07, 6.45) is 2.70. The van der Waals surface area contributed by atoms with Crippen molar-refractivity contribution in [2.45, 2.75) is 32.7 Å². The number of esters is 1. The van der Waals surface area contributed by atoms with Crippen LogP contribution in [0.1, 0.15) is 26.2 Å². The molecular formula is C21H27N3O7S2. The molecule has 0 N–H and O–H groups in total. The average molecular weight is 498 g/mol. The monoisotopic (exact) mass is 497 g/mol. The SMILES string of the molecule is CCOC(=O)Cn1c(=NC(=O)CS(=O)(=O)CC(=O)N2CCCCC2)sc2cc(OC)ccc21. The Labute approximate surface area is 195 Å². The van der Waals surface area contributed by atoms with Crippen LogP contribution >= 0.6 is 11.3 Å². The van der Waals surface area contributed by atoms with Crippen molar-refractivity contribution in [1.82, 2.24) is 9.47 Å². The number of benzene rings is 1. The van der Waals surface area contributed by atoms with Gasteiger partial charge in [0.25, 0.3) is 5.91 Å². The smallest absolute Gasteiger partial charge is 0.326 e. The number of amides is 2. The van der Waals surface area contributed by atoms with Gasteiger partial charge in [0.05, 0.1) is 23.9 Å². The van der Waals surface area contributed by atoms with Crippen LogP contribution < -0.4 is 9.54 Å². The number of carbonyl (C=O) groups excluding carboxylic acids is 3. The van der Waals surface area contributed by atoms with E-state index in [1.807, 2.05) is 0 Å². The van der Waals surface area contributed by atoms with Gasteiger partial charge in [-0.15, -0.1) is 0 Å². The Morgan fingerprint density at radius 1 is 1.12 bits per heavy atom. The van der Waals surface area contributed by atoms with Crippen LogP contribution in [0.3, 0.4) is 0 Å². The predicted octanol–water partition coefficient (Wildman–Crippen LogP) is 1.13. The number of thiazole rings is 1. The molecule has 1 aliphatic heterocycles. The standard InChI is InChI=1S/C21H27N3O7S2/c1-3-31-20(27)12-24-16-8-7-15(30-2)11-17(16)32-21(24)22-18(25)13-33(28,29)14-19(26)23-9-5-4-6-10-23/h7-8,11H,3-6,9-10,12-14H2,1-2H3. The summed E-state index contributed by atoms with van der Waals surface area (Å²) in [5.41, 5.74) is 0.628. The van der Waals surface area contributed by atoms with E-state index in [0.29, 0.717) is 29.1 Å². The lowest BCUT2D eigenvalue weighted by atomic mass is 10.1. The first-order valence-corrected chi connectivity index (χ1v) is 13.2. The van der Waals surface area contributed by atoms with Gasteiger partial charge in [0.1, 0.15) is 23.8 Å². The lowest BCUT2D eigenvalue weighted by Crippen LogP contribution is -2.40. The minimum Gasteiger partial charge on any atom is -0.497 e. The molecule has 0 unspecified atom stereocenters. The molecule has 1 fully saturated rings. The molecule has 0 radical (unpaired) electrons. The molecule has 0 spiro atoms. The molecule has 0 saturated carbocycles. The Morgan fingerprint density at radius 2 is 1.85 bits per heavy atom. The molecule has 3 rings (SSSR count).